The van der Waals surface area contributed by atoms with E-state index in [1.54, 1.807) is 24.3 Å². The van der Waals surface area contributed by atoms with Crippen LogP contribution in [0, 0.1) is 0 Å². The first-order valence-corrected chi connectivity index (χ1v) is 6.10. The molecule has 0 aromatic heterocycles. The van der Waals surface area contributed by atoms with Gasteiger partial charge in [-0.3, -0.25) is 4.55 Å². The van der Waals surface area contributed by atoms with Gasteiger partial charge in [0.15, 0.2) is 0 Å². The number of rotatable bonds is 2. The third-order valence-corrected chi connectivity index (χ3v) is 2.29. The Kier molecular flexibility index (Phi) is 6.36. The molecule has 0 heterocycles. The van der Waals surface area contributed by atoms with Crippen molar-refractivity contribution in [2.75, 3.05) is 12.9 Å². The minimum absolute atomic E-state index is 0.201. The van der Waals surface area contributed by atoms with Gasteiger partial charge in [-0.2, -0.15) is 8.42 Å². The highest BCUT2D eigenvalue weighted by Gasteiger charge is 2.00. The van der Waals surface area contributed by atoms with Crippen LogP contribution in [0.2, 0.25) is 0 Å². The van der Waals surface area contributed by atoms with Gasteiger partial charge >= 0.3 is 5.97 Å². The lowest BCUT2D eigenvalue weighted by molar-refractivity contribution is 0.0600. The monoisotopic (exact) mass is 246 g/mol. The van der Waals surface area contributed by atoms with E-state index in [0.717, 1.165) is 0 Å². The number of benzene rings is 1. The van der Waals surface area contributed by atoms with Crippen molar-refractivity contribution in [2.24, 2.45) is 0 Å². The predicted molar refractivity (Wildman–Crippen MR) is 59.9 cm³/mol. The molecule has 0 fully saturated rings. The summed E-state index contributed by atoms with van der Waals surface area (Å²) >= 11 is 0. The molecule has 0 aliphatic rings. The molecule has 0 saturated heterocycles. The van der Waals surface area contributed by atoms with E-state index in [0.29, 0.717) is 5.56 Å². The topological polar surface area (TPSA) is 80.7 Å². The van der Waals surface area contributed by atoms with Crippen molar-refractivity contribution in [1.82, 2.24) is 0 Å². The fourth-order valence-corrected chi connectivity index (χ4v) is 0.692. The zero-order valence-corrected chi connectivity index (χ0v) is 9.90. The number of carbonyl (C=O) groups is 1. The number of esters is 1. The molecule has 0 unspecified atom stereocenters. The summed E-state index contributed by atoms with van der Waals surface area (Å²) in [7, 11) is -2.29. The van der Waals surface area contributed by atoms with Crippen LogP contribution in [0.4, 0.5) is 0 Å². The number of ether oxygens (including phenoxy) is 1. The van der Waals surface area contributed by atoms with E-state index in [1.807, 2.05) is 6.07 Å². The van der Waals surface area contributed by atoms with Gasteiger partial charge in [0.05, 0.1) is 18.4 Å². The minimum atomic E-state index is -3.66. The lowest BCUT2D eigenvalue weighted by Gasteiger charge is -1.95. The van der Waals surface area contributed by atoms with Crippen molar-refractivity contribution in [3.63, 3.8) is 0 Å². The molecule has 0 spiro atoms. The zero-order chi connectivity index (χ0) is 12.6. The van der Waals surface area contributed by atoms with E-state index in [4.69, 9.17) is 4.55 Å². The number of hydrogen-bond acceptors (Lipinski definition) is 4. The molecule has 0 atom stereocenters. The Balaban J connectivity index is 0.000000325. The van der Waals surface area contributed by atoms with Gasteiger partial charge in [-0.05, 0) is 19.1 Å². The van der Waals surface area contributed by atoms with Crippen LogP contribution in [-0.4, -0.2) is 31.8 Å². The quantitative estimate of drug-likeness (QED) is 0.629. The van der Waals surface area contributed by atoms with Crippen LogP contribution in [0.1, 0.15) is 17.3 Å². The second kappa shape index (κ2) is 6.97. The summed E-state index contributed by atoms with van der Waals surface area (Å²) in [4.78, 5) is 10.8. The SMILES string of the molecule is CCS(=O)(=O)O.COC(=O)c1ccccc1. The first kappa shape index (κ1) is 14.6. The van der Waals surface area contributed by atoms with Crippen LogP contribution in [0.25, 0.3) is 0 Å². The Morgan fingerprint density at radius 1 is 1.31 bits per heavy atom. The van der Waals surface area contributed by atoms with Crippen molar-refractivity contribution in [3.05, 3.63) is 35.9 Å². The van der Waals surface area contributed by atoms with Crippen molar-refractivity contribution in [2.45, 2.75) is 6.92 Å². The maximum Gasteiger partial charge on any atom is 0.337 e. The molecule has 5 nitrogen and oxygen atoms in total. The maximum absolute atomic E-state index is 10.8. The second-order valence-electron chi connectivity index (χ2n) is 2.73. The van der Waals surface area contributed by atoms with Crippen molar-refractivity contribution >= 4 is 16.1 Å². The van der Waals surface area contributed by atoms with Crippen LogP contribution >= 0.6 is 0 Å². The molecule has 1 aromatic rings. The Labute approximate surface area is 94.8 Å². The number of hydrogen-bond donors (Lipinski definition) is 1. The van der Waals surface area contributed by atoms with E-state index in [-0.39, 0.29) is 11.7 Å². The van der Waals surface area contributed by atoms with E-state index in [1.165, 1.54) is 14.0 Å². The summed E-state index contributed by atoms with van der Waals surface area (Å²) < 4.78 is 31.4. The molecule has 1 N–H and O–H groups in total. The summed E-state index contributed by atoms with van der Waals surface area (Å²) in [5.74, 6) is -0.492. The molecule has 0 aliphatic carbocycles. The lowest BCUT2D eigenvalue weighted by Crippen LogP contribution is -1.99. The number of carbonyl (C=O) groups excluding carboxylic acids is 1. The van der Waals surface area contributed by atoms with Gasteiger partial charge < -0.3 is 4.74 Å². The molecule has 6 heteroatoms. The first-order valence-electron chi connectivity index (χ1n) is 4.49. The Morgan fingerprint density at radius 3 is 2.06 bits per heavy atom. The summed E-state index contributed by atoms with van der Waals surface area (Å²) in [5.41, 5.74) is 0.588. The third kappa shape index (κ3) is 6.97. The summed E-state index contributed by atoms with van der Waals surface area (Å²) in [6, 6.07) is 8.88. The highest BCUT2D eigenvalue weighted by Crippen LogP contribution is 1.98. The third-order valence-electron chi connectivity index (χ3n) is 1.56. The number of methoxy groups -OCH3 is 1. The van der Waals surface area contributed by atoms with Crippen LogP contribution < -0.4 is 0 Å². The highest BCUT2D eigenvalue weighted by atomic mass is 32.2. The van der Waals surface area contributed by atoms with Gasteiger partial charge in [0.2, 0.25) is 0 Å². The Morgan fingerprint density at radius 2 is 1.75 bits per heavy atom. The van der Waals surface area contributed by atoms with Crippen molar-refractivity contribution in [3.8, 4) is 0 Å². The van der Waals surface area contributed by atoms with E-state index in [9.17, 15) is 13.2 Å². The molecule has 0 bridgehead atoms. The minimum Gasteiger partial charge on any atom is -0.465 e. The average Bonchev–Trinajstić information content (AvgIpc) is 2.29. The first-order chi connectivity index (χ1) is 7.40. The normalized spacial score (nSPS) is 9.94. The molecular weight excluding hydrogens is 232 g/mol. The van der Waals surface area contributed by atoms with Crippen LogP contribution in [-0.2, 0) is 14.9 Å². The molecule has 1 aromatic carbocycles. The van der Waals surface area contributed by atoms with Crippen LogP contribution in [0.3, 0.4) is 0 Å². The van der Waals surface area contributed by atoms with Gasteiger partial charge in [0.25, 0.3) is 10.1 Å². The molecule has 90 valence electrons. The maximum atomic E-state index is 10.8. The summed E-state index contributed by atoms with van der Waals surface area (Å²) in [6.07, 6.45) is 0. The van der Waals surface area contributed by atoms with Gasteiger partial charge in [-0.15, -0.1) is 0 Å². The molecule has 0 amide bonds. The van der Waals surface area contributed by atoms with Crippen molar-refractivity contribution in [1.29, 1.82) is 0 Å². The van der Waals surface area contributed by atoms with Crippen LogP contribution in [0.15, 0.2) is 30.3 Å². The molecule has 16 heavy (non-hydrogen) atoms. The van der Waals surface area contributed by atoms with Gasteiger partial charge in [0, 0.05) is 0 Å². The lowest BCUT2D eigenvalue weighted by atomic mass is 10.2. The largest absolute Gasteiger partial charge is 0.465 e. The molecular formula is C10H14O5S. The zero-order valence-electron chi connectivity index (χ0n) is 9.08. The Hall–Kier alpha value is -1.40. The molecule has 0 aliphatic heterocycles. The molecule has 1 rings (SSSR count). The predicted octanol–water partition coefficient (Wildman–Crippen LogP) is 1.37. The summed E-state index contributed by atoms with van der Waals surface area (Å²) in [5, 5.41) is 0. The Bertz CT molecular complexity index is 410. The van der Waals surface area contributed by atoms with Gasteiger partial charge in [-0.1, -0.05) is 18.2 Å². The second-order valence-corrected chi connectivity index (χ2v) is 4.47. The van der Waals surface area contributed by atoms with E-state index < -0.39 is 10.1 Å². The highest BCUT2D eigenvalue weighted by molar-refractivity contribution is 7.85. The van der Waals surface area contributed by atoms with Crippen LogP contribution in [0.5, 0.6) is 0 Å². The molecule has 0 saturated carbocycles. The van der Waals surface area contributed by atoms with Gasteiger partial charge in [-0.25, -0.2) is 4.79 Å². The van der Waals surface area contributed by atoms with E-state index >= 15 is 0 Å². The average molecular weight is 246 g/mol. The van der Waals surface area contributed by atoms with Gasteiger partial charge in [0.1, 0.15) is 0 Å². The van der Waals surface area contributed by atoms with E-state index in [2.05, 4.69) is 4.74 Å². The summed E-state index contributed by atoms with van der Waals surface area (Å²) in [6.45, 7) is 1.37. The molecule has 0 radical (unpaired) electrons. The fourth-order valence-electron chi connectivity index (χ4n) is 0.692. The standard InChI is InChI=1S/C8H8O2.C2H6O3S/c1-10-8(9)7-5-3-2-4-6-7;1-2-6(3,4)5/h2-6H,1H3;2H2,1H3,(H,3,4,5). The smallest absolute Gasteiger partial charge is 0.337 e. The van der Waals surface area contributed by atoms with Crippen molar-refractivity contribution < 1.29 is 22.5 Å². The fraction of sp³-hybridized carbons (Fsp3) is 0.300.